The molecule has 5 heteroatoms. The highest BCUT2D eigenvalue weighted by molar-refractivity contribution is 5.62. The lowest BCUT2D eigenvalue weighted by molar-refractivity contribution is -0.137. The summed E-state index contributed by atoms with van der Waals surface area (Å²) in [4.78, 5) is 0. The van der Waals surface area contributed by atoms with E-state index in [1.165, 1.54) is 6.07 Å². The maximum Gasteiger partial charge on any atom is 0.416 e. The van der Waals surface area contributed by atoms with Crippen LogP contribution in [-0.4, -0.2) is 6.10 Å². The van der Waals surface area contributed by atoms with Gasteiger partial charge in [-0.25, -0.2) is 0 Å². The predicted octanol–water partition coefficient (Wildman–Crippen LogP) is 3.42. The van der Waals surface area contributed by atoms with Gasteiger partial charge in [0.05, 0.1) is 11.7 Å². The van der Waals surface area contributed by atoms with Crippen LogP contribution in [0.15, 0.2) is 24.8 Å². The predicted molar refractivity (Wildman–Crippen MR) is 60.4 cm³/mol. The zero-order chi connectivity index (χ0) is 13.2. The first-order valence-corrected chi connectivity index (χ1v) is 5.04. The molecule has 1 rings (SSSR count). The van der Waals surface area contributed by atoms with E-state index in [9.17, 15) is 13.2 Å². The minimum atomic E-state index is -4.43. The van der Waals surface area contributed by atoms with E-state index in [4.69, 9.17) is 10.5 Å². The van der Waals surface area contributed by atoms with Crippen molar-refractivity contribution in [1.82, 2.24) is 0 Å². The minimum absolute atomic E-state index is 0.0738. The van der Waals surface area contributed by atoms with E-state index in [2.05, 4.69) is 6.58 Å². The minimum Gasteiger partial charge on any atom is -0.491 e. The van der Waals surface area contributed by atoms with Gasteiger partial charge in [0.1, 0.15) is 5.75 Å². The highest BCUT2D eigenvalue weighted by atomic mass is 19.4. The molecule has 0 saturated heterocycles. The molecule has 0 fully saturated rings. The molecule has 0 amide bonds. The molecule has 0 unspecified atom stereocenters. The third kappa shape index (κ3) is 3.69. The summed E-state index contributed by atoms with van der Waals surface area (Å²) in [5.74, 6) is 0.136. The molecule has 2 N–H and O–H groups in total. The standard InChI is InChI=1S/C12H14F3NO/c1-7(2)17-11-5-9(8(3)16)4-10(6-11)12(13,14)15/h4-7H,3,16H2,1-2H3. The molecule has 1 aromatic rings. The molecule has 0 aliphatic rings. The largest absolute Gasteiger partial charge is 0.491 e. The van der Waals surface area contributed by atoms with Crippen molar-refractivity contribution in [3.63, 3.8) is 0 Å². The van der Waals surface area contributed by atoms with Crippen LogP contribution in [0.1, 0.15) is 25.0 Å². The van der Waals surface area contributed by atoms with Gasteiger partial charge in [-0.05, 0) is 32.0 Å². The van der Waals surface area contributed by atoms with Crippen molar-refractivity contribution in [1.29, 1.82) is 0 Å². The second-order valence-corrected chi connectivity index (χ2v) is 3.94. The summed E-state index contributed by atoms with van der Waals surface area (Å²) < 4.78 is 43.1. The van der Waals surface area contributed by atoms with Gasteiger partial charge in [0.15, 0.2) is 0 Å². The first-order chi connectivity index (χ1) is 7.70. The van der Waals surface area contributed by atoms with Crippen LogP contribution in [0.4, 0.5) is 13.2 Å². The van der Waals surface area contributed by atoms with Crippen molar-refractivity contribution in [2.45, 2.75) is 26.1 Å². The molecule has 0 bridgehead atoms. The Morgan fingerprint density at radius 1 is 1.29 bits per heavy atom. The van der Waals surface area contributed by atoms with Gasteiger partial charge in [-0.15, -0.1) is 0 Å². The van der Waals surface area contributed by atoms with E-state index in [0.717, 1.165) is 12.1 Å². The second kappa shape index (κ2) is 4.69. The number of nitrogens with two attached hydrogens (primary N) is 1. The Morgan fingerprint density at radius 3 is 2.29 bits per heavy atom. The van der Waals surface area contributed by atoms with Crippen LogP contribution in [0.5, 0.6) is 5.75 Å². The molecular weight excluding hydrogens is 231 g/mol. The van der Waals surface area contributed by atoms with Crippen molar-refractivity contribution < 1.29 is 17.9 Å². The molecule has 0 spiro atoms. The number of alkyl halides is 3. The number of hydrogen-bond donors (Lipinski definition) is 1. The fourth-order valence-electron chi connectivity index (χ4n) is 1.29. The lowest BCUT2D eigenvalue weighted by Crippen LogP contribution is -2.10. The Morgan fingerprint density at radius 2 is 1.88 bits per heavy atom. The molecule has 0 aliphatic heterocycles. The van der Waals surface area contributed by atoms with Crippen molar-refractivity contribution in [2.75, 3.05) is 0 Å². The van der Waals surface area contributed by atoms with Gasteiger partial charge in [-0.3, -0.25) is 0 Å². The first kappa shape index (κ1) is 13.4. The van der Waals surface area contributed by atoms with Crippen LogP contribution in [0.2, 0.25) is 0 Å². The van der Waals surface area contributed by atoms with Gasteiger partial charge < -0.3 is 10.5 Å². The third-order valence-corrected chi connectivity index (χ3v) is 1.98. The molecule has 0 atom stereocenters. The van der Waals surface area contributed by atoms with E-state index in [1.54, 1.807) is 13.8 Å². The lowest BCUT2D eigenvalue weighted by Gasteiger charge is -2.14. The molecule has 0 aliphatic carbocycles. The Balaban J connectivity index is 3.24. The van der Waals surface area contributed by atoms with E-state index in [1.807, 2.05) is 0 Å². The molecular formula is C12H14F3NO. The molecule has 0 heterocycles. The van der Waals surface area contributed by atoms with Gasteiger partial charge in [0.2, 0.25) is 0 Å². The average molecular weight is 245 g/mol. The molecule has 0 saturated carbocycles. The lowest BCUT2D eigenvalue weighted by atomic mass is 10.1. The normalized spacial score (nSPS) is 11.6. The number of ether oxygens (including phenoxy) is 1. The third-order valence-electron chi connectivity index (χ3n) is 1.98. The fraction of sp³-hybridized carbons (Fsp3) is 0.333. The Hall–Kier alpha value is -1.65. The summed E-state index contributed by atoms with van der Waals surface area (Å²) in [7, 11) is 0. The number of halogens is 3. The molecule has 0 radical (unpaired) electrons. The number of rotatable bonds is 3. The van der Waals surface area contributed by atoms with Gasteiger partial charge in [0.25, 0.3) is 0 Å². The molecule has 94 valence electrons. The molecule has 17 heavy (non-hydrogen) atoms. The summed E-state index contributed by atoms with van der Waals surface area (Å²) >= 11 is 0. The number of hydrogen-bond acceptors (Lipinski definition) is 2. The Bertz CT molecular complexity index is 424. The van der Waals surface area contributed by atoms with Gasteiger partial charge in [0, 0.05) is 11.3 Å². The molecule has 1 aromatic carbocycles. The SMILES string of the molecule is C=C(N)c1cc(OC(C)C)cc(C(F)(F)F)c1. The summed E-state index contributed by atoms with van der Waals surface area (Å²) in [6.07, 6.45) is -4.64. The first-order valence-electron chi connectivity index (χ1n) is 5.04. The maximum atomic E-state index is 12.6. The fourth-order valence-corrected chi connectivity index (χ4v) is 1.29. The summed E-state index contributed by atoms with van der Waals surface area (Å²) in [5, 5.41) is 0. The van der Waals surface area contributed by atoms with Crippen LogP contribution < -0.4 is 10.5 Å². The molecule has 0 aromatic heterocycles. The van der Waals surface area contributed by atoms with Crippen molar-refractivity contribution in [2.24, 2.45) is 5.73 Å². The maximum absolute atomic E-state index is 12.6. The Labute approximate surface area is 97.9 Å². The van der Waals surface area contributed by atoms with Gasteiger partial charge in [-0.1, -0.05) is 6.58 Å². The van der Waals surface area contributed by atoms with Crippen LogP contribution in [-0.2, 0) is 6.18 Å². The monoisotopic (exact) mass is 245 g/mol. The zero-order valence-corrected chi connectivity index (χ0v) is 9.64. The topological polar surface area (TPSA) is 35.2 Å². The summed E-state index contributed by atoms with van der Waals surface area (Å²) in [6.45, 7) is 6.89. The van der Waals surface area contributed by atoms with Crippen LogP contribution >= 0.6 is 0 Å². The van der Waals surface area contributed by atoms with Crippen molar-refractivity contribution in [3.05, 3.63) is 35.9 Å². The summed E-state index contributed by atoms with van der Waals surface area (Å²) in [5.41, 5.74) is 4.91. The number of benzene rings is 1. The van der Waals surface area contributed by atoms with Crippen LogP contribution in [0.3, 0.4) is 0 Å². The quantitative estimate of drug-likeness (QED) is 0.885. The molecule has 2 nitrogen and oxygen atoms in total. The zero-order valence-electron chi connectivity index (χ0n) is 9.64. The Kier molecular flexibility index (Phi) is 3.70. The summed E-state index contributed by atoms with van der Waals surface area (Å²) in [6, 6.07) is 3.35. The highest BCUT2D eigenvalue weighted by Gasteiger charge is 2.31. The van der Waals surface area contributed by atoms with Gasteiger partial charge >= 0.3 is 6.18 Å². The van der Waals surface area contributed by atoms with Crippen molar-refractivity contribution >= 4 is 5.70 Å². The van der Waals surface area contributed by atoms with E-state index in [0.29, 0.717) is 0 Å². The van der Waals surface area contributed by atoms with Gasteiger partial charge in [-0.2, -0.15) is 13.2 Å². The van der Waals surface area contributed by atoms with Crippen LogP contribution in [0.25, 0.3) is 5.70 Å². The second-order valence-electron chi connectivity index (χ2n) is 3.94. The average Bonchev–Trinajstić information content (AvgIpc) is 2.14. The van der Waals surface area contributed by atoms with E-state index in [-0.39, 0.29) is 23.1 Å². The highest BCUT2D eigenvalue weighted by Crippen LogP contribution is 2.33. The van der Waals surface area contributed by atoms with E-state index >= 15 is 0 Å². The van der Waals surface area contributed by atoms with Crippen molar-refractivity contribution in [3.8, 4) is 5.75 Å². The smallest absolute Gasteiger partial charge is 0.416 e. The van der Waals surface area contributed by atoms with Crippen LogP contribution in [0, 0.1) is 0 Å². The van der Waals surface area contributed by atoms with E-state index < -0.39 is 11.7 Å².